The Hall–Kier alpha value is -2.20. The van der Waals surface area contributed by atoms with Crippen molar-refractivity contribution in [3.8, 4) is 6.07 Å². The predicted octanol–water partition coefficient (Wildman–Crippen LogP) is 2.64. The highest BCUT2D eigenvalue weighted by molar-refractivity contribution is 7.52. The molecule has 0 heterocycles. The minimum absolute atomic E-state index is 0.0842. The standard InChI is InChI=1S/C17H23N2O6P/c1-23-17(21)15(6-4-5-11-18)19-16(20)14-9-7-13(8-10-14)12-26(22,24-2)25-3/h7-10,15H,4-6,12H2,1-3H3,(H,19,20)/t15-/m0/s1. The topological polar surface area (TPSA) is 115 Å². The minimum Gasteiger partial charge on any atom is -0.467 e. The highest BCUT2D eigenvalue weighted by atomic mass is 31.2. The molecule has 1 amide bonds. The van der Waals surface area contributed by atoms with Crippen molar-refractivity contribution in [2.24, 2.45) is 0 Å². The van der Waals surface area contributed by atoms with Gasteiger partial charge in [0.15, 0.2) is 0 Å². The molecule has 0 spiro atoms. The number of unbranched alkanes of at least 4 members (excludes halogenated alkanes) is 1. The molecule has 142 valence electrons. The molecule has 1 aromatic rings. The van der Waals surface area contributed by atoms with E-state index in [2.05, 4.69) is 10.1 Å². The van der Waals surface area contributed by atoms with Gasteiger partial charge in [-0.15, -0.1) is 0 Å². The third kappa shape index (κ3) is 6.60. The Morgan fingerprint density at radius 3 is 2.31 bits per heavy atom. The summed E-state index contributed by atoms with van der Waals surface area (Å²) < 4.78 is 26.6. The average molecular weight is 382 g/mol. The summed E-state index contributed by atoms with van der Waals surface area (Å²) in [5.74, 6) is -1.00. The van der Waals surface area contributed by atoms with Gasteiger partial charge in [-0.2, -0.15) is 5.26 Å². The zero-order chi connectivity index (χ0) is 19.6. The number of esters is 1. The van der Waals surface area contributed by atoms with Gasteiger partial charge in [-0.05, 0) is 30.5 Å². The maximum atomic E-state index is 12.3. The van der Waals surface area contributed by atoms with E-state index in [0.717, 1.165) is 0 Å². The summed E-state index contributed by atoms with van der Waals surface area (Å²) in [6.07, 6.45) is 1.16. The number of nitriles is 1. The molecule has 1 aromatic carbocycles. The monoisotopic (exact) mass is 382 g/mol. The highest BCUT2D eigenvalue weighted by Gasteiger charge is 2.23. The Balaban J connectivity index is 2.78. The molecule has 0 saturated carbocycles. The summed E-state index contributed by atoms with van der Waals surface area (Å²) in [6.45, 7) is 0. The largest absolute Gasteiger partial charge is 0.467 e. The van der Waals surface area contributed by atoms with Gasteiger partial charge in [0.25, 0.3) is 5.91 Å². The van der Waals surface area contributed by atoms with Crippen LogP contribution in [0.25, 0.3) is 0 Å². The van der Waals surface area contributed by atoms with Crippen molar-refractivity contribution in [2.45, 2.75) is 31.5 Å². The van der Waals surface area contributed by atoms with Gasteiger partial charge >= 0.3 is 13.6 Å². The lowest BCUT2D eigenvalue weighted by Crippen LogP contribution is -2.41. The number of carbonyl (C=O) groups excluding carboxylic acids is 2. The lowest BCUT2D eigenvalue weighted by atomic mass is 10.1. The zero-order valence-electron chi connectivity index (χ0n) is 15.1. The summed E-state index contributed by atoms with van der Waals surface area (Å²) in [4.78, 5) is 24.1. The summed E-state index contributed by atoms with van der Waals surface area (Å²) in [5.41, 5.74) is 1.03. The number of rotatable bonds is 10. The molecule has 0 saturated heterocycles. The van der Waals surface area contributed by atoms with E-state index in [1.165, 1.54) is 21.3 Å². The molecular weight excluding hydrogens is 359 g/mol. The van der Waals surface area contributed by atoms with E-state index in [4.69, 9.17) is 14.3 Å². The van der Waals surface area contributed by atoms with Crippen LogP contribution in [0.15, 0.2) is 24.3 Å². The SMILES string of the molecule is COC(=O)[C@H](CCCC#N)NC(=O)c1ccc(CP(=O)(OC)OC)cc1. The number of benzene rings is 1. The third-order valence-corrected chi connectivity index (χ3v) is 5.59. The molecule has 9 heteroatoms. The van der Waals surface area contributed by atoms with Crippen LogP contribution in [0.3, 0.4) is 0 Å². The van der Waals surface area contributed by atoms with E-state index in [1.54, 1.807) is 24.3 Å². The smallest absolute Gasteiger partial charge is 0.334 e. The first-order chi connectivity index (χ1) is 12.4. The van der Waals surface area contributed by atoms with Crippen molar-refractivity contribution >= 4 is 19.5 Å². The van der Waals surface area contributed by atoms with Crippen LogP contribution >= 0.6 is 7.60 Å². The highest BCUT2D eigenvalue weighted by Crippen LogP contribution is 2.49. The van der Waals surface area contributed by atoms with E-state index >= 15 is 0 Å². The lowest BCUT2D eigenvalue weighted by molar-refractivity contribution is -0.143. The van der Waals surface area contributed by atoms with Crippen molar-refractivity contribution in [1.82, 2.24) is 5.32 Å². The average Bonchev–Trinajstić information content (AvgIpc) is 2.67. The quantitative estimate of drug-likeness (QED) is 0.376. The molecule has 0 bridgehead atoms. The molecule has 8 nitrogen and oxygen atoms in total. The fourth-order valence-corrected chi connectivity index (χ4v) is 3.27. The minimum atomic E-state index is -3.19. The van der Waals surface area contributed by atoms with Gasteiger partial charge in [-0.3, -0.25) is 9.36 Å². The third-order valence-electron chi connectivity index (χ3n) is 3.72. The van der Waals surface area contributed by atoms with Crippen LogP contribution in [0, 0.1) is 11.3 Å². The van der Waals surface area contributed by atoms with Crippen LogP contribution < -0.4 is 5.32 Å². The number of amides is 1. The van der Waals surface area contributed by atoms with Gasteiger partial charge in [-0.25, -0.2) is 4.79 Å². The Bertz CT molecular complexity index is 690. The molecule has 0 radical (unpaired) electrons. The van der Waals surface area contributed by atoms with E-state index in [-0.39, 0.29) is 12.6 Å². The van der Waals surface area contributed by atoms with E-state index in [9.17, 15) is 14.2 Å². The first-order valence-electron chi connectivity index (χ1n) is 7.94. The van der Waals surface area contributed by atoms with Crippen LogP contribution in [0.4, 0.5) is 0 Å². The van der Waals surface area contributed by atoms with Gasteiger partial charge in [0, 0.05) is 26.2 Å². The van der Waals surface area contributed by atoms with Crippen LogP contribution in [-0.2, 0) is 29.3 Å². The van der Waals surface area contributed by atoms with Crippen molar-refractivity contribution in [3.63, 3.8) is 0 Å². The zero-order valence-corrected chi connectivity index (χ0v) is 16.0. The predicted molar refractivity (Wildman–Crippen MR) is 94.5 cm³/mol. The fourth-order valence-electron chi connectivity index (χ4n) is 2.21. The molecule has 0 unspecified atom stereocenters. The normalized spacial score (nSPS) is 12.1. The molecule has 0 aliphatic carbocycles. The van der Waals surface area contributed by atoms with Gasteiger partial charge in [-0.1, -0.05) is 12.1 Å². The molecule has 1 rings (SSSR count). The van der Waals surface area contributed by atoms with Crippen LogP contribution in [-0.4, -0.2) is 39.2 Å². The van der Waals surface area contributed by atoms with Crippen molar-refractivity contribution < 1.29 is 27.9 Å². The number of methoxy groups -OCH3 is 1. The Morgan fingerprint density at radius 2 is 1.81 bits per heavy atom. The first kappa shape index (κ1) is 21.8. The maximum absolute atomic E-state index is 12.3. The second-order valence-corrected chi connectivity index (χ2v) is 7.70. The molecular formula is C17H23N2O6P. The van der Waals surface area contributed by atoms with Crippen LogP contribution in [0.2, 0.25) is 0 Å². The van der Waals surface area contributed by atoms with Gasteiger partial charge in [0.05, 0.1) is 19.3 Å². The molecule has 0 fully saturated rings. The van der Waals surface area contributed by atoms with Gasteiger partial charge in [0.1, 0.15) is 6.04 Å². The van der Waals surface area contributed by atoms with Gasteiger partial charge < -0.3 is 19.1 Å². The molecule has 0 aromatic heterocycles. The summed E-state index contributed by atoms with van der Waals surface area (Å²) in [6, 6.07) is 7.58. The Morgan fingerprint density at radius 1 is 1.19 bits per heavy atom. The van der Waals surface area contributed by atoms with E-state index in [0.29, 0.717) is 24.0 Å². The van der Waals surface area contributed by atoms with Crippen LogP contribution in [0.5, 0.6) is 0 Å². The number of hydrogen-bond donors (Lipinski definition) is 1. The molecule has 1 atom stereocenters. The van der Waals surface area contributed by atoms with Gasteiger partial charge in [0.2, 0.25) is 0 Å². The molecule has 0 aliphatic heterocycles. The number of hydrogen-bond acceptors (Lipinski definition) is 7. The molecule has 26 heavy (non-hydrogen) atoms. The molecule has 1 N–H and O–H groups in total. The van der Waals surface area contributed by atoms with Crippen molar-refractivity contribution in [2.75, 3.05) is 21.3 Å². The van der Waals surface area contributed by atoms with Crippen LogP contribution in [0.1, 0.15) is 35.2 Å². The van der Waals surface area contributed by atoms with Crippen molar-refractivity contribution in [3.05, 3.63) is 35.4 Å². The Labute approximate surface area is 153 Å². The van der Waals surface area contributed by atoms with Crippen molar-refractivity contribution in [1.29, 1.82) is 5.26 Å². The Kier molecular flexibility index (Phi) is 9.00. The number of nitrogens with one attached hydrogen (secondary N) is 1. The summed E-state index contributed by atoms with van der Waals surface area (Å²) in [7, 11) is 0.677. The van der Waals surface area contributed by atoms with E-state index < -0.39 is 25.5 Å². The number of carbonyl (C=O) groups is 2. The number of ether oxygens (including phenoxy) is 1. The fraction of sp³-hybridized carbons (Fsp3) is 0.471. The summed E-state index contributed by atoms with van der Waals surface area (Å²) >= 11 is 0. The van der Waals surface area contributed by atoms with E-state index in [1.807, 2.05) is 6.07 Å². The second-order valence-electron chi connectivity index (χ2n) is 5.43. The maximum Gasteiger partial charge on any atom is 0.334 e. The first-order valence-corrected chi connectivity index (χ1v) is 9.67. The lowest BCUT2D eigenvalue weighted by Gasteiger charge is -2.16. The number of nitrogens with zero attached hydrogens (tertiary/aromatic N) is 1. The molecule has 0 aliphatic rings. The second kappa shape index (κ2) is 10.7. The summed E-state index contributed by atoms with van der Waals surface area (Å²) in [5, 5.41) is 11.2.